The summed E-state index contributed by atoms with van der Waals surface area (Å²) in [5, 5.41) is 0. The van der Waals surface area contributed by atoms with Crippen LogP contribution in [0, 0.1) is 6.07 Å². The zero-order valence-corrected chi connectivity index (χ0v) is 9.75. The van der Waals surface area contributed by atoms with E-state index in [1.807, 2.05) is 60.7 Å². The highest BCUT2D eigenvalue weighted by Gasteiger charge is 2.03. The van der Waals surface area contributed by atoms with Crippen LogP contribution in [0.15, 0.2) is 67.0 Å². The van der Waals surface area contributed by atoms with Gasteiger partial charge in [-0.3, -0.25) is 0 Å². The molecule has 0 amide bonds. The summed E-state index contributed by atoms with van der Waals surface area (Å²) in [5.41, 5.74) is 3.90. The first-order valence-electron chi connectivity index (χ1n) is 5.78. The molecule has 0 spiro atoms. The molecule has 3 aromatic rings. The van der Waals surface area contributed by atoms with E-state index < -0.39 is 0 Å². The van der Waals surface area contributed by atoms with Crippen molar-refractivity contribution in [1.29, 1.82) is 0 Å². The molecule has 0 aliphatic heterocycles. The van der Waals surface area contributed by atoms with Gasteiger partial charge in [-0.2, -0.15) is 0 Å². The van der Waals surface area contributed by atoms with Gasteiger partial charge in [0.1, 0.15) is 6.33 Å². The molecule has 0 saturated carbocycles. The lowest BCUT2D eigenvalue weighted by Gasteiger charge is -2.03. The third-order valence-corrected chi connectivity index (χ3v) is 2.72. The van der Waals surface area contributed by atoms with E-state index in [1.165, 1.54) is 0 Å². The maximum Gasteiger partial charge on any atom is 0.116 e. The number of aromatic nitrogens is 2. The molecule has 2 heteroatoms. The molecule has 2 aromatic carbocycles. The zero-order valence-electron chi connectivity index (χ0n) is 9.75. The smallest absolute Gasteiger partial charge is 0.116 e. The van der Waals surface area contributed by atoms with E-state index in [0.29, 0.717) is 0 Å². The molecule has 1 heterocycles. The Balaban J connectivity index is 2.05. The normalized spacial score (nSPS) is 10.2. The Hall–Kier alpha value is -2.48. The van der Waals surface area contributed by atoms with Crippen LogP contribution in [-0.2, 0) is 0 Å². The van der Waals surface area contributed by atoms with E-state index in [4.69, 9.17) is 0 Å². The summed E-state index contributed by atoms with van der Waals surface area (Å²) in [7, 11) is 0. The quantitative estimate of drug-likeness (QED) is 0.673. The first kappa shape index (κ1) is 10.7. The van der Waals surface area contributed by atoms with Crippen molar-refractivity contribution in [3.63, 3.8) is 0 Å². The fourth-order valence-corrected chi connectivity index (χ4v) is 1.82. The summed E-state index contributed by atoms with van der Waals surface area (Å²) in [6.07, 6.45) is 1.60. The molecule has 0 aliphatic carbocycles. The lowest BCUT2D eigenvalue weighted by atomic mass is 10.1. The van der Waals surface area contributed by atoms with Gasteiger partial charge in [0.15, 0.2) is 0 Å². The van der Waals surface area contributed by atoms with Gasteiger partial charge in [0.05, 0.1) is 11.4 Å². The standard InChI is InChI=1S/C16H11N2/c1-3-7-13(8-4-1)15-11-16(18-12-17-15)14-9-5-2-6-10-14/h1-9,11-12H. The van der Waals surface area contributed by atoms with Crippen molar-refractivity contribution < 1.29 is 0 Å². The highest BCUT2D eigenvalue weighted by molar-refractivity contribution is 5.66. The predicted octanol–water partition coefficient (Wildman–Crippen LogP) is 3.61. The summed E-state index contributed by atoms with van der Waals surface area (Å²) >= 11 is 0. The monoisotopic (exact) mass is 231 g/mol. The van der Waals surface area contributed by atoms with Crippen molar-refractivity contribution in [2.45, 2.75) is 0 Å². The summed E-state index contributed by atoms with van der Waals surface area (Å²) in [6.45, 7) is 0. The Kier molecular flexibility index (Phi) is 2.84. The maximum absolute atomic E-state index is 4.31. The van der Waals surface area contributed by atoms with Gasteiger partial charge in [-0.15, -0.1) is 0 Å². The molecular weight excluding hydrogens is 220 g/mol. The highest BCUT2D eigenvalue weighted by Crippen LogP contribution is 2.21. The summed E-state index contributed by atoms with van der Waals surface area (Å²) in [6, 6.07) is 23.1. The van der Waals surface area contributed by atoms with Crippen molar-refractivity contribution in [3.8, 4) is 22.5 Å². The minimum absolute atomic E-state index is 0.893. The van der Waals surface area contributed by atoms with Gasteiger partial charge >= 0.3 is 0 Å². The maximum atomic E-state index is 4.31. The van der Waals surface area contributed by atoms with Gasteiger partial charge in [-0.25, -0.2) is 9.97 Å². The first-order valence-corrected chi connectivity index (χ1v) is 5.78. The molecule has 0 saturated heterocycles. The fourth-order valence-electron chi connectivity index (χ4n) is 1.82. The van der Waals surface area contributed by atoms with Crippen molar-refractivity contribution in [2.75, 3.05) is 0 Å². The number of hydrogen-bond donors (Lipinski definition) is 0. The fraction of sp³-hybridized carbons (Fsp3) is 0. The Bertz CT molecular complexity index is 579. The molecule has 2 nitrogen and oxygen atoms in total. The number of hydrogen-bond acceptors (Lipinski definition) is 2. The topological polar surface area (TPSA) is 25.8 Å². The average molecular weight is 231 g/mol. The van der Waals surface area contributed by atoms with Crippen LogP contribution >= 0.6 is 0 Å². The van der Waals surface area contributed by atoms with E-state index in [-0.39, 0.29) is 0 Å². The molecule has 0 atom stereocenters. The van der Waals surface area contributed by atoms with E-state index in [1.54, 1.807) is 6.33 Å². The largest absolute Gasteiger partial charge is 0.236 e. The van der Waals surface area contributed by atoms with Crippen LogP contribution in [0.3, 0.4) is 0 Å². The second-order valence-corrected chi connectivity index (χ2v) is 3.93. The van der Waals surface area contributed by atoms with Crippen molar-refractivity contribution in [2.24, 2.45) is 0 Å². The molecule has 0 N–H and O–H groups in total. The molecule has 18 heavy (non-hydrogen) atoms. The van der Waals surface area contributed by atoms with Crippen molar-refractivity contribution in [3.05, 3.63) is 73.1 Å². The Labute approximate surface area is 106 Å². The molecule has 3 rings (SSSR count). The van der Waals surface area contributed by atoms with Crippen LogP contribution in [0.5, 0.6) is 0 Å². The molecule has 1 radical (unpaired) electrons. The molecule has 0 aliphatic rings. The van der Waals surface area contributed by atoms with Crippen LogP contribution in [0.2, 0.25) is 0 Å². The second-order valence-electron chi connectivity index (χ2n) is 3.93. The predicted molar refractivity (Wildman–Crippen MR) is 71.7 cm³/mol. The van der Waals surface area contributed by atoms with Gasteiger partial charge in [-0.1, -0.05) is 54.6 Å². The van der Waals surface area contributed by atoms with E-state index in [2.05, 4.69) is 16.0 Å². The third kappa shape index (κ3) is 2.13. The van der Waals surface area contributed by atoms with Crippen LogP contribution in [0.1, 0.15) is 0 Å². The van der Waals surface area contributed by atoms with Gasteiger partial charge in [0.25, 0.3) is 0 Å². The average Bonchev–Trinajstić information content (AvgIpc) is 2.49. The van der Waals surface area contributed by atoms with Crippen LogP contribution in [0.25, 0.3) is 22.5 Å². The summed E-state index contributed by atoms with van der Waals surface area (Å²) in [4.78, 5) is 8.60. The van der Waals surface area contributed by atoms with Gasteiger partial charge in [-0.05, 0) is 12.1 Å². The lowest BCUT2D eigenvalue weighted by Crippen LogP contribution is -1.88. The van der Waals surface area contributed by atoms with Crippen LogP contribution in [0.4, 0.5) is 0 Å². The minimum atomic E-state index is 0.893. The number of rotatable bonds is 2. The number of nitrogens with zero attached hydrogens (tertiary/aromatic N) is 2. The van der Waals surface area contributed by atoms with Crippen LogP contribution in [-0.4, -0.2) is 9.97 Å². The summed E-state index contributed by atoms with van der Waals surface area (Å²) in [5.74, 6) is 0. The summed E-state index contributed by atoms with van der Waals surface area (Å²) < 4.78 is 0. The van der Waals surface area contributed by atoms with Gasteiger partial charge < -0.3 is 0 Å². The Morgan fingerprint density at radius 3 is 2.33 bits per heavy atom. The van der Waals surface area contributed by atoms with Gasteiger partial charge in [0.2, 0.25) is 0 Å². The van der Waals surface area contributed by atoms with Crippen LogP contribution < -0.4 is 0 Å². The Morgan fingerprint density at radius 1 is 0.778 bits per heavy atom. The highest BCUT2D eigenvalue weighted by atomic mass is 14.8. The second kappa shape index (κ2) is 4.80. The molecule has 85 valence electrons. The third-order valence-electron chi connectivity index (χ3n) is 2.72. The molecule has 0 fully saturated rings. The van der Waals surface area contributed by atoms with Crippen molar-refractivity contribution in [1.82, 2.24) is 9.97 Å². The van der Waals surface area contributed by atoms with Crippen molar-refractivity contribution >= 4 is 0 Å². The van der Waals surface area contributed by atoms with Gasteiger partial charge in [0, 0.05) is 11.1 Å². The number of benzene rings is 2. The zero-order chi connectivity index (χ0) is 12.2. The lowest BCUT2D eigenvalue weighted by molar-refractivity contribution is 1.18. The first-order chi connectivity index (χ1) is 8.93. The molecular formula is C16H11N2. The molecule has 0 unspecified atom stereocenters. The van der Waals surface area contributed by atoms with E-state index >= 15 is 0 Å². The molecule has 1 aromatic heterocycles. The van der Waals surface area contributed by atoms with E-state index in [0.717, 1.165) is 22.5 Å². The molecule has 0 bridgehead atoms. The SMILES string of the molecule is [c]1ccccc1-c1cc(-c2ccccc2)ncn1. The Morgan fingerprint density at radius 2 is 1.56 bits per heavy atom. The minimum Gasteiger partial charge on any atom is -0.236 e. The van der Waals surface area contributed by atoms with E-state index in [9.17, 15) is 0 Å².